The molecule has 1 unspecified atom stereocenters. The van der Waals surface area contributed by atoms with Crippen LogP contribution in [0, 0.1) is 11.3 Å². The van der Waals surface area contributed by atoms with E-state index in [9.17, 15) is 0 Å². The highest BCUT2D eigenvalue weighted by molar-refractivity contribution is 8.00. The fourth-order valence-electron chi connectivity index (χ4n) is 2.28. The van der Waals surface area contributed by atoms with Gasteiger partial charge in [0.15, 0.2) is 11.0 Å². The number of rotatable bonds is 5. The second-order valence-electron chi connectivity index (χ2n) is 5.24. The summed E-state index contributed by atoms with van der Waals surface area (Å²) in [5, 5.41) is 18.8. The predicted octanol–water partition coefficient (Wildman–Crippen LogP) is 4.60. The average Bonchev–Trinajstić information content (AvgIpc) is 3.05. The normalized spacial score (nSPS) is 11.8. The molecule has 0 aliphatic heterocycles. The van der Waals surface area contributed by atoms with Gasteiger partial charge in [0.2, 0.25) is 0 Å². The molecule has 0 saturated carbocycles. The lowest BCUT2D eigenvalue weighted by atomic mass is 10.2. The minimum absolute atomic E-state index is 0.237. The van der Waals surface area contributed by atoms with E-state index in [1.807, 2.05) is 60.0 Å². The zero-order valence-electron chi connectivity index (χ0n) is 13.7. The average molecular weight is 371 g/mol. The Morgan fingerprint density at radius 3 is 2.40 bits per heavy atom. The SMILES string of the molecule is COc1ccc(-n2c(SC(C)C#N)nnc2-c2ccc(Cl)cc2)cc1. The minimum atomic E-state index is -0.237. The Morgan fingerprint density at radius 1 is 1.12 bits per heavy atom. The number of halogens is 1. The fraction of sp³-hybridized carbons (Fsp3) is 0.167. The van der Waals surface area contributed by atoms with Crippen molar-refractivity contribution in [3.8, 4) is 28.9 Å². The Bertz CT molecular complexity index is 900. The zero-order valence-corrected chi connectivity index (χ0v) is 15.3. The number of ether oxygens (including phenoxy) is 1. The molecule has 0 spiro atoms. The Hall–Kier alpha value is -2.49. The summed E-state index contributed by atoms with van der Waals surface area (Å²) in [5.74, 6) is 1.46. The van der Waals surface area contributed by atoms with E-state index in [0.29, 0.717) is 16.0 Å². The summed E-state index contributed by atoms with van der Waals surface area (Å²) in [6, 6.07) is 17.3. The van der Waals surface area contributed by atoms with E-state index >= 15 is 0 Å². The lowest BCUT2D eigenvalue weighted by Gasteiger charge is -2.11. The first-order valence-electron chi connectivity index (χ1n) is 7.54. The van der Waals surface area contributed by atoms with E-state index in [1.165, 1.54) is 11.8 Å². The molecule has 0 aliphatic carbocycles. The molecule has 5 nitrogen and oxygen atoms in total. The first-order valence-corrected chi connectivity index (χ1v) is 8.80. The van der Waals surface area contributed by atoms with Gasteiger partial charge in [0, 0.05) is 16.3 Å². The molecule has 3 rings (SSSR count). The molecule has 3 aromatic rings. The number of nitriles is 1. The first kappa shape index (κ1) is 17.3. The van der Waals surface area contributed by atoms with Crippen LogP contribution in [-0.2, 0) is 0 Å². The molecule has 0 bridgehead atoms. The maximum absolute atomic E-state index is 9.12. The van der Waals surface area contributed by atoms with Gasteiger partial charge in [0.05, 0.1) is 18.4 Å². The van der Waals surface area contributed by atoms with Crippen LogP contribution in [0.25, 0.3) is 17.1 Å². The molecule has 0 radical (unpaired) electrons. The second-order valence-corrected chi connectivity index (χ2v) is 6.98. The molecule has 1 atom stereocenters. The minimum Gasteiger partial charge on any atom is -0.497 e. The molecule has 0 saturated heterocycles. The number of aromatic nitrogens is 3. The maximum atomic E-state index is 9.12. The van der Waals surface area contributed by atoms with E-state index in [4.69, 9.17) is 21.6 Å². The van der Waals surface area contributed by atoms with Gasteiger partial charge in [0.25, 0.3) is 0 Å². The summed E-state index contributed by atoms with van der Waals surface area (Å²) < 4.78 is 7.16. The molecule has 25 heavy (non-hydrogen) atoms. The number of hydrogen-bond acceptors (Lipinski definition) is 5. The largest absolute Gasteiger partial charge is 0.497 e. The van der Waals surface area contributed by atoms with Crippen LogP contribution in [0.1, 0.15) is 6.92 Å². The van der Waals surface area contributed by atoms with Crippen LogP contribution in [0.2, 0.25) is 5.02 Å². The van der Waals surface area contributed by atoms with Crippen LogP contribution < -0.4 is 4.74 Å². The maximum Gasteiger partial charge on any atom is 0.197 e. The number of methoxy groups -OCH3 is 1. The fourth-order valence-corrected chi connectivity index (χ4v) is 3.16. The number of benzene rings is 2. The van der Waals surface area contributed by atoms with Gasteiger partial charge >= 0.3 is 0 Å². The van der Waals surface area contributed by atoms with Gasteiger partial charge in [0.1, 0.15) is 5.75 Å². The molecule has 2 aromatic carbocycles. The van der Waals surface area contributed by atoms with Gasteiger partial charge in [-0.3, -0.25) is 4.57 Å². The third kappa shape index (κ3) is 3.78. The van der Waals surface area contributed by atoms with Crippen molar-refractivity contribution in [2.45, 2.75) is 17.3 Å². The van der Waals surface area contributed by atoms with E-state index in [0.717, 1.165) is 17.0 Å². The summed E-state index contributed by atoms with van der Waals surface area (Å²) in [6.45, 7) is 1.83. The van der Waals surface area contributed by atoms with Crippen LogP contribution in [-0.4, -0.2) is 27.1 Å². The van der Waals surface area contributed by atoms with Crippen molar-refractivity contribution < 1.29 is 4.74 Å². The molecular weight excluding hydrogens is 356 g/mol. The molecule has 126 valence electrons. The highest BCUT2D eigenvalue weighted by Crippen LogP contribution is 2.31. The molecule has 0 amide bonds. The second kappa shape index (κ2) is 7.60. The molecule has 7 heteroatoms. The van der Waals surface area contributed by atoms with Crippen molar-refractivity contribution >= 4 is 23.4 Å². The Labute approximate surface area is 155 Å². The van der Waals surface area contributed by atoms with Crippen LogP contribution in [0.15, 0.2) is 53.7 Å². The lowest BCUT2D eigenvalue weighted by Crippen LogP contribution is -2.02. The summed E-state index contributed by atoms with van der Waals surface area (Å²) in [6.07, 6.45) is 0. The van der Waals surface area contributed by atoms with Crippen molar-refractivity contribution in [1.82, 2.24) is 14.8 Å². The van der Waals surface area contributed by atoms with Crippen molar-refractivity contribution in [2.75, 3.05) is 7.11 Å². The Kier molecular flexibility index (Phi) is 5.27. The van der Waals surface area contributed by atoms with Gasteiger partial charge in [-0.05, 0) is 55.5 Å². The molecular formula is C18H15ClN4OS. The van der Waals surface area contributed by atoms with E-state index < -0.39 is 0 Å². The summed E-state index contributed by atoms with van der Waals surface area (Å²) >= 11 is 7.35. The Morgan fingerprint density at radius 2 is 1.80 bits per heavy atom. The van der Waals surface area contributed by atoms with Crippen LogP contribution in [0.5, 0.6) is 5.75 Å². The quantitative estimate of drug-likeness (QED) is 0.614. The summed E-state index contributed by atoms with van der Waals surface area (Å²) in [7, 11) is 1.63. The van der Waals surface area contributed by atoms with Crippen molar-refractivity contribution in [3.63, 3.8) is 0 Å². The molecule has 0 fully saturated rings. The van der Waals surface area contributed by atoms with Crippen LogP contribution in [0.4, 0.5) is 0 Å². The zero-order chi connectivity index (χ0) is 17.8. The monoisotopic (exact) mass is 370 g/mol. The number of thioether (sulfide) groups is 1. The topological polar surface area (TPSA) is 63.7 Å². The van der Waals surface area contributed by atoms with Crippen LogP contribution >= 0.6 is 23.4 Å². The van der Waals surface area contributed by atoms with Crippen molar-refractivity contribution in [1.29, 1.82) is 5.26 Å². The third-order valence-electron chi connectivity index (χ3n) is 3.53. The predicted molar refractivity (Wildman–Crippen MR) is 99.3 cm³/mol. The first-order chi connectivity index (χ1) is 12.1. The van der Waals surface area contributed by atoms with Crippen molar-refractivity contribution in [2.24, 2.45) is 0 Å². The molecule has 0 aliphatic rings. The van der Waals surface area contributed by atoms with E-state index in [1.54, 1.807) is 7.11 Å². The molecule has 1 heterocycles. The molecule has 1 aromatic heterocycles. The van der Waals surface area contributed by atoms with E-state index in [-0.39, 0.29) is 5.25 Å². The van der Waals surface area contributed by atoms with E-state index in [2.05, 4.69) is 16.3 Å². The third-order valence-corrected chi connectivity index (χ3v) is 4.72. The van der Waals surface area contributed by atoms with Gasteiger partial charge in [-0.25, -0.2) is 0 Å². The van der Waals surface area contributed by atoms with Crippen molar-refractivity contribution in [3.05, 3.63) is 53.6 Å². The van der Waals surface area contributed by atoms with Crippen LogP contribution in [0.3, 0.4) is 0 Å². The van der Waals surface area contributed by atoms with Gasteiger partial charge in [-0.2, -0.15) is 5.26 Å². The standard InChI is InChI=1S/C18H15ClN4OS/c1-12(11-20)25-18-22-21-17(13-3-5-14(19)6-4-13)23(18)15-7-9-16(24-2)10-8-15/h3-10,12H,1-2H3. The number of nitrogens with zero attached hydrogens (tertiary/aromatic N) is 4. The Balaban J connectivity index is 2.12. The molecule has 0 N–H and O–H groups in total. The van der Waals surface area contributed by atoms with Gasteiger partial charge in [-0.1, -0.05) is 23.4 Å². The lowest BCUT2D eigenvalue weighted by molar-refractivity contribution is 0.414. The van der Waals surface area contributed by atoms with Gasteiger partial charge in [-0.15, -0.1) is 10.2 Å². The number of hydrogen-bond donors (Lipinski definition) is 0. The van der Waals surface area contributed by atoms with Gasteiger partial charge < -0.3 is 4.74 Å². The smallest absolute Gasteiger partial charge is 0.197 e. The highest BCUT2D eigenvalue weighted by atomic mass is 35.5. The highest BCUT2D eigenvalue weighted by Gasteiger charge is 2.18. The summed E-state index contributed by atoms with van der Waals surface area (Å²) in [4.78, 5) is 0. The summed E-state index contributed by atoms with van der Waals surface area (Å²) in [5.41, 5.74) is 1.78.